The Morgan fingerprint density at radius 2 is 2.24 bits per heavy atom. The predicted molar refractivity (Wildman–Crippen MR) is 61.2 cm³/mol. The summed E-state index contributed by atoms with van der Waals surface area (Å²) in [5.41, 5.74) is 4.04. The van der Waals surface area contributed by atoms with Crippen molar-refractivity contribution < 1.29 is 4.39 Å². The molecule has 0 unspecified atom stereocenters. The summed E-state index contributed by atoms with van der Waals surface area (Å²) in [5.74, 6) is 0.508. The molecule has 0 saturated heterocycles. The first kappa shape index (κ1) is 8.87. The Kier molecular flexibility index (Phi) is 1.52. The Bertz CT molecular complexity index is 746. The molecule has 3 aromatic rings. The number of aromatic nitrogens is 3. The van der Waals surface area contributed by atoms with Crippen LogP contribution < -0.4 is 0 Å². The fourth-order valence-corrected chi connectivity index (χ4v) is 2.44. The lowest BCUT2D eigenvalue weighted by molar-refractivity contribution is 0.626. The van der Waals surface area contributed by atoms with Crippen LogP contribution in [0.1, 0.15) is 11.3 Å². The number of hydrogen-bond donors (Lipinski definition) is 0. The van der Waals surface area contributed by atoms with Crippen LogP contribution in [0.25, 0.3) is 17.0 Å². The SMILES string of the molecule is Fc1ccc2c(c1)Cc1c-2nc2ncccn12. The first-order chi connectivity index (χ1) is 8.33. The van der Waals surface area contributed by atoms with Gasteiger partial charge in [0.25, 0.3) is 0 Å². The molecule has 0 bridgehead atoms. The van der Waals surface area contributed by atoms with Crippen LogP contribution in [0, 0.1) is 5.82 Å². The van der Waals surface area contributed by atoms with Gasteiger partial charge in [0.15, 0.2) is 0 Å². The molecule has 0 amide bonds. The van der Waals surface area contributed by atoms with Gasteiger partial charge in [0, 0.05) is 24.4 Å². The topological polar surface area (TPSA) is 30.2 Å². The van der Waals surface area contributed by atoms with Gasteiger partial charge in [-0.3, -0.25) is 4.40 Å². The number of benzene rings is 1. The van der Waals surface area contributed by atoms with Gasteiger partial charge in [0.2, 0.25) is 5.78 Å². The largest absolute Gasteiger partial charge is 0.287 e. The maximum atomic E-state index is 13.2. The maximum Gasteiger partial charge on any atom is 0.234 e. The zero-order valence-corrected chi connectivity index (χ0v) is 8.89. The number of hydrogen-bond acceptors (Lipinski definition) is 2. The fraction of sp³-hybridized carbons (Fsp3) is 0.0769. The standard InChI is InChI=1S/C13H8FN3/c14-9-2-3-10-8(6-9)7-11-12(10)16-13-15-4-1-5-17(11)13/h1-6H,7H2. The molecule has 2 aromatic heterocycles. The number of nitrogens with zero attached hydrogens (tertiary/aromatic N) is 3. The lowest BCUT2D eigenvalue weighted by atomic mass is 10.1. The third kappa shape index (κ3) is 1.09. The Balaban J connectivity index is 2.06. The van der Waals surface area contributed by atoms with Gasteiger partial charge in [0.05, 0.1) is 11.4 Å². The van der Waals surface area contributed by atoms with Gasteiger partial charge in [0.1, 0.15) is 5.82 Å². The van der Waals surface area contributed by atoms with E-state index in [-0.39, 0.29) is 5.82 Å². The second kappa shape index (κ2) is 2.91. The summed E-state index contributed by atoms with van der Waals surface area (Å²) in [7, 11) is 0. The third-order valence-corrected chi connectivity index (χ3v) is 3.18. The van der Waals surface area contributed by atoms with Crippen LogP contribution in [-0.2, 0) is 6.42 Å². The molecule has 0 aliphatic heterocycles. The highest BCUT2D eigenvalue weighted by atomic mass is 19.1. The quantitative estimate of drug-likeness (QED) is 0.460. The number of halogens is 1. The summed E-state index contributed by atoms with van der Waals surface area (Å²) < 4.78 is 15.1. The van der Waals surface area contributed by atoms with Gasteiger partial charge in [-0.25, -0.2) is 14.4 Å². The van der Waals surface area contributed by atoms with Crippen molar-refractivity contribution in [3.8, 4) is 11.3 Å². The molecule has 4 rings (SSSR count). The molecule has 3 nitrogen and oxygen atoms in total. The summed E-state index contributed by atoms with van der Waals surface area (Å²) >= 11 is 0. The van der Waals surface area contributed by atoms with E-state index >= 15 is 0 Å². The zero-order valence-electron chi connectivity index (χ0n) is 8.89. The van der Waals surface area contributed by atoms with E-state index in [0.29, 0.717) is 5.78 Å². The number of rotatable bonds is 0. The molecular formula is C13H8FN3. The molecule has 1 aliphatic rings. The van der Waals surface area contributed by atoms with E-state index in [1.165, 1.54) is 6.07 Å². The molecule has 1 aliphatic carbocycles. The molecule has 17 heavy (non-hydrogen) atoms. The van der Waals surface area contributed by atoms with Gasteiger partial charge in [-0.2, -0.15) is 0 Å². The molecule has 0 fully saturated rings. The van der Waals surface area contributed by atoms with Gasteiger partial charge >= 0.3 is 0 Å². The van der Waals surface area contributed by atoms with Gasteiger partial charge in [-0.1, -0.05) is 0 Å². The molecule has 82 valence electrons. The van der Waals surface area contributed by atoms with Gasteiger partial charge < -0.3 is 0 Å². The Hall–Kier alpha value is -2.23. The second-order valence-electron chi connectivity index (χ2n) is 4.18. The molecule has 1 aromatic carbocycles. The molecule has 0 spiro atoms. The van der Waals surface area contributed by atoms with Crippen molar-refractivity contribution in [3.63, 3.8) is 0 Å². The summed E-state index contributed by atoms with van der Waals surface area (Å²) in [6, 6.07) is 6.73. The summed E-state index contributed by atoms with van der Waals surface area (Å²) in [5, 5.41) is 0. The molecule has 0 radical (unpaired) electrons. The number of fused-ring (bicyclic) bond motifs is 5. The van der Waals surface area contributed by atoms with Crippen LogP contribution in [-0.4, -0.2) is 14.4 Å². The van der Waals surface area contributed by atoms with Crippen LogP contribution >= 0.6 is 0 Å². The molecule has 0 N–H and O–H groups in total. The Morgan fingerprint density at radius 1 is 1.29 bits per heavy atom. The lowest BCUT2D eigenvalue weighted by Crippen LogP contribution is -1.92. The van der Waals surface area contributed by atoms with Crippen LogP contribution in [0.15, 0.2) is 36.7 Å². The van der Waals surface area contributed by atoms with Crippen LogP contribution in [0.4, 0.5) is 4.39 Å². The lowest BCUT2D eigenvalue weighted by Gasteiger charge is -1.98. The third-order valence-electron chi connectivity index (χ3n) is 3.18. The monoisotopic (exact) mass is 225 g/mol. The van der Waals surface area contributed by atoms with E-state index in [2.05, 4.69) is 9.97 Å². The van der Waals surface area contributed by atoms with E-state index in [0.717, 1.165) is 28.9 Å². The van der Waals surface area contributed by atoms with Crippen LogP contribution in [0.5, 0.6) is 0 Å². The number of imidazole rings is 1. The van der Waals surface area contributed by atoms with Crippen molar-refractivity contribution in [1.29, 1.82) is 0 Å². The van der Waals surface area contributed by atoms with E-state index in [1.807, 2.05) is 16.7 Å². The van der Waals surface area contributed by atoms with E-state index in [4.69, 9.17) is 0 Å². The van der Waals surface area contributed by atoms with Crippen molar-refractivity contribution in [1.82, 2.24) is 14.4 Å². The first-order valence-corrected chi connectivity index (χ1v) is 5.44. The predicted octanol–water partition coefficient (Wildman–Crippen LogP) is 2.44. The van der Waals surface area contributed by atoms with Crippen LogP contribution in [0.3, 0.4) is 0 Å². The van der Waals surface area contributed by atoms with E-state index in [9.17, 15) is 4.39 Å². The van der Waals surface area contributed by atoms with Gasteiger partial charge in [-0.05, 0) is 29.8 Å². The minimum atomic E-state index is -0.193. The molecular weight excluding hydrogens is 217 g/mol. The van der Waals surface area contributed by atoms with E-state index < -0.39 is 0 Å². The normalized spacial score (nSPS) is 12.8. The summed E-state index contributed by atoms with van der Waals surface area (Å²) in [6.07, 6.45) is 4.38. The van der Waals surface area contributed by atoms with E-state index in [1.54, 1.807) is 18.3 Å². The average molecular weight is 225 g/mol. The zero-order chi connectivity index (χ0) is 11.4. The minimum absolute atomic E-state index is 0.193. The summed E-state index contributed by atoms with van der Waals surface area (Å²) in [6.45, 7) is 0. The fourth-order valence-electron chi connectivity index (χ4n) is 2.44. The highest BCUT2D eigenvalue weighted by molar-refractivity contribution is 5.74. The average Bonchev–Trinajstić information content (AvgIpc) is 2.84. The Morgan fingerprint density at radius 3 is 3.18 bits per heavy atom. The molecule has 4 heteroatoms. The van der Waals surface area contributed by atoms with Crippen molar-refractivity contribution in [2.24, 2.45) is 0 Å². The van der Waals surface area contributed by atoms with Crippen LogP contribution in [0.2, 0.25) is 0 Å². The molecule has 0 saturated carbocycles. The highest BCUT2D eigenvalue weighted by Gasteiger charge is 2.24. The highest BCUT2D eigenvalue weighted by Crippen LogP contribution is 2.36. The second-order valence-corrected chi connectivity index (χ2v) is 4.18. The summed E-state index contributed by atoms with van der Waals surface area (Å²) in [4.78, 5) is 8.71. The molecule has 2 heterocycles. The molecule has 0 atom stereocenters. The van der Waals surface area contributed by atoms with Crippen molar-refractivity contribution in [3.05, 3.63) is 53.7 Å². The smallest absolute Gasteiger partial charge is 0.234 e. The van der Waals surface area contributed by atoms with Gasteiger partial charge in [-0.15, -0.1) is 0 Å². The maximum absolute atomic E-state index is 13.2. The Labute approximate surface area is 96.6 Å². The van der Waals surface area contributed by atoms with Crippen molar-refractivity contribution in [2.75, 3.05) is 0 Å². The first-order valence-electron chi connectivity index (χ1n) is 5.44. The van der Waals surface area contributed by atoms with Crippen molar-refractivity contribution >= 4 is 5.78 Å². The minimum Gasteiger partial charge on any atom is -0.287 e. The van der Waals surface area contributed by atoms with Crippen molar-refractivity contribution in [2.45, 2.75) is 6.42 Å².